The number of carbonyl (C=O) groups is 1. The molecule has 0 radical (unpaired) electrons. The van der Waals surface area contributed by atoms with Crippen LogP contribution in [0.3, 0.4) is 0 Å². The second-order valence-electron chi connectivity index (χ2n) is 6.29. The normalized spacial score (nSPS) is 24.2. The zero-order chi connectivity index (χ0) is 15.6. The SMILES string of the molecule is CC(C)Oc1ccc(C(C)N2CCCC2(C)C(=O)O)cc1. The first kappa shape index (κ1) is 15.8. The molecule has 0 aliphatic carbocycles. The van der Waals surface area contributed by atoms with Gasteiger partial charge in [0.1, 0.15) is 11.3 Å². The highest BCUT2D eigenvalue weighted by Crippen LogP contribution is 2.37. The number of likely N-dealkylation sites (tertiary alicyclic amines) is 1. The van der Waals surface area contributed by atoms with E-state index in [4.69, 9.17) is 4.74 Å². The smallest absolute Gasteiger partial charge is 0.323 e. The predicted molar refractivity (Wildman–Crippen MR) is 82.6 cm³/mol. The Morgan fingerprint density at radius 1 is 1.29 bits per heavy atom. The first-order valence-corrected chi connectivity index (χ1v) is 7.61. The van der Waals surface area contributed by atoms with Crippen LogP contribution in [0.1, 0.15) is 52.1 Å². The lowest BCUT2D eigenvalue weighted by Gasteiger charge is -2.36. The molecule has 2 unspecified atom stereocenters. The second kappa shape index (κ2) is 6.06. The first-order valence-electron chi connectivity index (χ1n) is 7.61. The van der Waals surface area contributed by atoms with E-state index in [2.05, 4.69) is 11.8 Å². The van der Waals surface area contributed by atoms with E-state index in [0.29, 0.717) is 6.42 Å². The Labute approximate surface area is 126 Å². The van der Waals surface area contributed by atoms with Gasteiger partial charge in [-0.2, -0.15) is 0 Å². The molecule has 0 amide bonds. The summed E-state index contributed by atoms with van der Waals surface area (Å²) in [5.41, 5.74) is 0.368. The minimum atomic E-state index is -0.757. The van der Waals surface area contributed by atoms with E-state index in [1.807, 2.05) is 45.0 Å². The van der Waals surface area contributed by atoms with Gasteiger partial charge in [0, 0.05) is 6.04 Å². The molecule has 21 heavy (non-hydrogen) atoms. The summed E-state index contributed by atoms with van der Waals surface area (Å²) in [5.74, 6) is 0.120. The van der Waals surface area contributed by atoms with Crippen molar-refractivity contribution in [1.82, 2.24) is 4.90 Å². The first-order chi connectivity index (χ1) is 9.84. The maximum atomic E-state index is 11.6. The Morgan fingerprint density at radius 3 is 2.43 bits per heavy atom. The van der Waals surface area contributed by atoms with E-state index >= 15 is 0 Å². The van der Waals surface area contributed by atoms with Crippen molar-refractivity contribution in [2.75, 3.05) is 6.54 Å². The maximum absolute atomic E-state index is 11.6. The fourth-order valence-electron chi connectivity index (χ4n) is 3.11. The zero-order valence-corrected chi connectivity index (χ0v) is 13.3. The Hall–Kier alpha value is -1.55. The second-order valence-corrected chi connectivity index (χ2v) is 6.29. The Morgan fingerprint density at radius 2 is 1.90 bits per heavy atom. The Balaban J connectivity index is 2.16. The van der Waals surface area contributed by atoms with Crippen molar-refractivity contribution in [3.05, 3.63) is 29.8 Å². The predicted octanol–water partition coefficient (Wildman–Crippen LogP) is 3.47. The van der Waals surface area contributed by atoms with Gasteiger partial charge in [-0.15, -0.1) is 0 Å². The quantitative estimate of drug-likeness (QED) is 0.902. The molecular formula is C17H25NO3. The number of carboxylic acids is 1. The monoisotopic (exact) mass is 291 g/mol. The van der Waals surface area contributed by atoms with Gasteiger partial charge < -0.3 is 9.84 Å². The Bertz CT molecular complexity index is 497. The minimum absolute atomic E-state index is 0.0849. The van der Waals surface area contributed by atoms with Gasteiger partial charge in [-0.3, -0.25) is 9.69 Å². The molecule has 116 valence electrons. The van der Waals surface area contributed by atoms with Gasteiger partial charge in [-0.1, -0.05) is 12.1 Å². The molecule has 1 heterocycles. The molecule has 1 fully saturated rings. The van der Waals surface area contributed by atoms with Crippen LogP contribution in [0.15, 0.2) is 24.3 Å². The summed E-state index contributed by atoms with van der Waals surface area (Å²) in [5, 5.41) is 9.52. The van der Waals surface area contributed by atoms with Crippen molar-refractivity contribution < 1.29 is 14.6 Å². The van der Waals surface area contributed by atoms with E-state index < -0.39 is 11.5 Å². The van der Waals surface area contributed by atoms with Crippen LogP contribution in [-0.2, 0) is 4.79 Å². The third-order valence-electron chi connectivity index (χ3n) is 4.36. The van der Waals surface area contributed by atoms with Crippen LogP contribution < -0.4 is 4.74 Å². The highest BCUT2D eigenvalue weighted by Gasteiger charge is 2.45. The summed E-state index contributed by atoms with van der Waals surface area (Å²) < 4.78 is 5.65. The summed E-state index contributed by atoms with van der Waals surface area (Å²) in [7, 11) is 0. The standard InChI is InChI=1S/C17H25NO3/c1-12(2)21-15-8-6-14(7-9-15)13(3)18-11-5-10-17(18,4)16(19)20/h6-9,12-13H,5,10-11H2,1-4H3,(H,19,20). The molecule has 4 heteroatoms. The fraction of sp³-hybridized carbons (Fsp3) is 0.588. The summed E-state index contributed by atoms with van der Waals surface area (Å²) in [6.07, 6.45) is 1.80. The van der Waals surface area contributed by atoms with Crippen LogP contribution in [0.4, 0.5) is 0 Å². The van der Waals surface area contributed by atoms with Gasteiger partial charge in [0.2, 0.25) is 0 Å². The number of carboxylic acid groups (broad SMARTS) is 1. The summed E-state index contributed by atoms with van der Waals surface area (Å²) in [6.45, 7) is 8.73. The number of benzene rings is 1. The number of aliphatic carboxylic acids is 1. The molecule has 4 nitrogen and oxygen atoms in total. The Kier molecular flexibility index (Phi) is 4.57. The molecule has 0 aromatic heterocycles. The molecule has 1 aliphatic rings. The summed E-state index contributed by atoms with van der Waals surface area (Å²) in [6, 6.07) is 8.06. The van der Waals surface area contributed by atoms with Crippen LogP contribution in [-0.4, -0.2) is 34.2 Å². The molecule has 1 aliphatic heterocycles. The van der Waals surface area contributed by atoms with Crippen LogP contribution in [0.5, 0.6) is 5.75 Å². The van der Waals surface area contributed by atoms with E-state index in [-0.39, 0.29) is 12.1 Å². The third kappa shape index (κ3) is 3.21. The minimum Gasteiger partial charge on any atom is -0.491 e. The summed E-state index contributed by atoms with van der Waals surface area (Å²) in [4.78, 5) is 13.7. The van der Waals surface area contributed by atoms with Gasteiger partial charge in [0.15, 0.2) is 0 Å². The lowest BCUT2D eigenvalue weighted by Crippen LogP contribution is -2.48. The van der Waals surface area contributed by atoms with E-state index in [9.17, 15) is 9.90 Å². The molecule has 2 rings (SSSR count). The van der Waals surface area contributed by atoms with Gasteiger partial charge in [0.25, 0.3) is 0 Å². The fourth-order valence-corrected chi connectivity index (χ4v) is 3.11. The van der Waals surface area contributed by atoms with Crippen molar-refractivity contribution >= 4 is 5.97 Å². The average molecular weight is 291 g/mol. The molecule has 1 aromatic rings. The maximum Gasteiger partial charge on any atom is 0.323 e. The van der Waals surface area contributed by atoms with Crippen LogP contribution in [0, 0.1) is 0 Å². The van der Waals surface area contributed by atoms with Gasteiger partial charge in [-0.25, -0.2) is 0 Å². The molecule has 1 N–H and O–H groups in total. The molecule has 2 atom stereocenters. The van der Waals surface area contributed by atoms with E-state index in [1.165, 1.54) is 0 Å². The lowest BCUT2D eigenvalue weighted by molar-refractivity contribution is -0.149. The van der Waals surface area contributed by atoms with Crippen molar-refractivity contribution in [2.24, 2.45) is 0 Å². The van der Waals surface area contributed by atoms with Crippen molar-refractivity contribution in [3.8, 4) is 5.75 Å². The van der Waals surface area contributed by atoms with Crippen molar-refractivity contribution in [3.63, 3.8) is 0 Å². The highest BCUT2D eigenvalue weighted by molar-refractivity contribution is 5.78. The average Bonchev–Trinajstić information content (AvgIpc) is 2.81. The summed E-state index contributed by atoms with van der Waals surface area (Å²) >= 11 is 0. The topological polar surface area (TPSA) is 49.8 Å². The highest BCUT2D eigenvalue weighted by atomic mass is 16.5. The molecule has 0 spiro atoms. The van der Waals surface area contributed by atoms with E-state index in [0.717, 1.165) is 24.3 Å². The molecule has 0 saturated carbocycles. The van der Waals surface area contributed by atoms with Crippen LogP contribution in [0.2, 0.25) is 0 Å². The van der Waals surface area contributed by atoms with Crippen molar-refractivity contribution in [1.29, 1.82) is 0 Å². The molecule has 1 aromatic carbocycles. The van der Waals surface area contributed by atoms with Crippen molar-refractivity contribution in [2.45, 2.75) is 58.2 Å². The largest absolute Gasteiger partial charge is 0.491 e. The van der Waals surface area contributed by atoms with Crippen LogP contribution >= 0.6 is 0 Å². The van der Waals surface area contributed by atoms with E-state index in [1.54, 1.807) is 0 Å². The van der Waals surface area contributed by atoms with Gasteiger partial charge >= 0.3 is 5.97 Å². The number of rotatable bonds is 5. The third-order valence-corrected chi connectivity index (χ3v) is 4.36. The van der Waals surface area contributed by atoms with Crippen LogP contribution in [0.25, 0.3) is 0 Å². The number of hydrogen-bond acceptors (Lipinski definition) is 3. The zero-order valence-electron chi connectivity index (χ0n) is 13.3. The molecule has 0 bridgehead atoms. The molecular weight excluding hydrogens is 266 g/mol. The lowest BCUT2D eigenvalue weighted by atomic mass is 9.96. The molecule has 1 saturated heterocycles. The van der Waals surface area contributed by atoms with Gasteiger partial charge in [0.05, 0.1) is 6.10 Å². The number of nitrogens with zero attached hydrogens (tertiary/aromatic N) is 1. The number of ether oxygens (including phenoxy) is 1. The van der Waals surface area contributed by atoms with Gasteiger partial charge in [-0.05, 0) is 64.8 Å². The number of hydrogen-bond donors (Lipinski definition) is 1.